The normalized spacial score (nSPS) is 19.6. The summed E-state index contributed by atoms with van der Waals surface area (Å²) in [7, 11) is 0. The average Bonchev–Trinajstić information content (AvgIpc) is 3.11. The van der Waals surface area contributed by atoms with Gasteiger partial charge < -0.3 is 15.0 Å². The van der Waals surface area contributed by atoms with Gasteiger partial charge in [-0.1, -0.05) is 35.5 Å². The molecule has 1 aromatic heterocycles. The van der Waals surface area contributed by atoms with E-state index in [1.165, 1.54) is 0 Å². The zero-order chi connectivity index (χ0) is 19.7. The van der Waals surface area contributed by atoms with Crippen molar-refractivity contribution in [3.63, 3.8) is 0 Å². The first-order chi connectivity index (χ1) is 13.5. The second-order valence-electron chi connectivity index (χ2n) is 7.44. The third kappa shape index (κ3) is 3.42. The van der Waals surface area contributed by atoms with Crippen LogP contribution in [0.4, 0.5) is 0 Å². The molecule has 1 unspecified atom stereocenters. The molecular formula is C22H22N2O4. The molecular weight excluding hydrogens is 356 g/mol. The van der Waals surface area contributed by atoms with E-state index in [0.717, 1.165) is 12.0 Å². The van der Waals surface area contributed by atoms with E-state index < -0.39 is 0 Å². The fraction of sp³-hybridized carbons (Fsp3) is 0.364. The number of carbonyl (C=O) groups excluding carboxylic acids is 2. The number of fused-ring (bicyclic) bond motifs is 1. The summed E-state index contributed by atoms with van der Waals surface area (Å²) in [4.78, 5) is 24.8. The van der Waals surface area contributed by atoms with E-state index in [4.69, 9.17) is 9.93 Å². The zero-order valence-corrected chi connectivity index (χ0v) is 15.5. The van der Waals surface area contributed by atoms with E-state index in [-0.39, 0.29) is 47.4 Å². The zero-order valence-electron chi connectivity index (χ0n) is 15.5. The maximum atomic E-state index is 12.6. The van der Waals surface area contributed by atoms with Gasteiger partial charge in [0.2, 0.25) is 0 Å². The van der Waals surface area contributed by atoms with Crippen LogP contribution in [0.15, 0.2) is 46.2 Å². The highest BCUT2D eigenvalue weighted by Gasteiger charge is 2.31. The van der Waals surface area contributed by atoms with Crippen LogP contribution in [0.25, 0.3) is 0 Å². The molecule has 0 amide bonds. The van der Waals surface area contributed by atoms with Crippen LogP contribution in [-0.4, -0.2) is 27.5 Å². The summed E-state index contributed by atoms with van der Waals surface area (Å²) in [6.07, 6.45) is 3.17. The van der Waals surface area contributed by atoms with Crippen molar-refractivity contribution in [1.82, 2.24) is 5.16 Å². The second-order valence-corrected chi connectivity index (χ2v) is 7.44. The van der Waals surface area contributed by atoms with E-state index in [1.807, 2.05) is 30.3 Å². The minimum Gasteiger partial charge on any atom is -0.511 e. The molecule has 2 aliphatic carbocycles. The number of ketones is 2. The van der Waals surface area contributed by atoms with Crippen molar-refractivity contribution in [1.29, 1.82) is 5.41 Å². The molecule has 0 spiro atoms. The van der Waals surface area contributed by atoms with Crippen molar-refractivity contribution < 1.29 is 19.2 Å². The predicted octanol–water partition coefficient (Wildman–Crippen LogP) is 4.10. The third-order valence-corrected chi connectivity index (χ3v) is 5.54. The Balaban J connectivity index is 1.47. The van der Waals surface area contributed by atoms with E-state index in [9.17, 15) is 14.7 Å². The number of rotatable bonds is 5. The van der Waals surface area contributed by atoms with Crippen LogP contribution in [0.1, 0.15) is 65.4 Å². The van der Waals surface area contributed by atoms with Crippen molar-refractivity contribution in [3.05, 3.63) is 64.2 Å². The summed E-state index contributed by atoms with van der Waals surface area (Å²) >= 11 is 0. The highest BCUT2D eigenvalue weighted by atomic mass is 16.5. The van der Waals surface area contributed by atoms with Crippen LogP contribution in [0.5, 0.6) is 0 Å². The van der Waals surface area contributed by atoms with Gasteiger partial charge >= 0.3 is 0 Å². The molecule has 0 saturated heterocycles. The van der Waals surface area contributed by atoms with Crippen LogP contribution in [0, 0.1) is 5.41 Å². The summed E-state index contributed by atoms with van der Waals surface area (Å²) in [5.74, 6) is 0.365. The van der Waals surface area contributed by atoms with Crippen molar-refractivity contribution in [2.45, 2.75) is 50.9 Å². The maximum absolute atomic E-state index is 12.6. The number of Topliss-reactive ketones (excluding diaryl/α,β-unsaturated/α-hetero) is 2. The Hall–Kier alpha value is -3.02. The summed E-state index contributed by atoms with van der Waals surface area (Å²) in [6.45, 7) is 0. The second kappa shape index (κ2) is 7.54. The van der Waals surface area contributed by atoms with E-state index in [1.54, 1.807) is 0 Å². The monoisotopic (exact) mass is 378 g/mol. The molecule has 0 fully saturated rings. The van der Waals surface area contributed by atoms with Crippen molar-refractivity contribution in [2.24, 2.45) is 0 Å². The molecule has 144 valence electrons. The SMILES string of the molecule is N=C(CCc1noc2c1C(=O)CCC2)C1=C(O)CC(c2ccccc2)CC1=O. The van der Waals surface area contributed by atoms with Crippen LogP contribution in [0.3, 0.4) is 0 Å². The smallest absolute Gasteiger partial charge is 0.168 e. The number of carbonyl (C=O) groups is 2. The fourth-order valence-corrected chi connectivity index (χ4v) is 4.12. The first-order valence-electron chi connectivity index (χ1n) is 9.63. The Morgan fingerprint density at radius 1 is 1.14 bits per heavy atom. The highest BCUT2D eigenvalue weighted by molar-refractivity contribution is 6.22. The molecule has 4 rings (SSSR count). The molecule has 1 aromatic carbocycles. The van der Waals surface area contributed by atoms with Gasteiger partial charge in [0.25, 0.3) is 0 Å². The van der Waals surface area contributed by atoms with Gasteiger partial charge in [-0.25, -0.2) is 0 Å². The Morgan fingerprint density at radius 3 is 2.68 bits per heavy atom. The number of aliphatic hydroxyl groups is 1. The Kier molecular flexibility index (Phi) is 4.94. The molecule has 1 atom stereocenters. The summed E-state index contributed by atoms with van der Waals surface area (Å²) in [5.41, 5.74) is 2.33. The van der Waals surface area contributed by atoms with Crippen molar-refractivity contribution in [2.75, 3.05) is 0 Å². The van der Waals surface area contributed by atoms with Gasteiger partial charge in [-0.2, -0.15) is 0 Å². The van der Waals surface area contributed by atoms with Gasteiger partial charge in [0.15, 0.2) is 11.6 Å². The van der Waals surface area contributed by atoms with Crippen LogP contribution < -0.4 is 0 Å². The van der Waals surface area contributed by atoms with Crippen LogP contribution in [0.2, 0.25) is 0 Å². The lowest BCUT2D eigenvalue weighted by Crippen LogP contribution is -2.23. The minimum atomic E-state index is -0.208. The highest BCUT2D eigenvalue weighted by Crippen LogP contribution is 2.34. The quantitative estimate of drug-likeness (QED) is 0.762. The number of hydrogen-bond donors (Lipinski definition) is 2. The fourth-order valence-electron chi connectivity index (χ4n) is 4.12. The topological polar surface area (TPSA) is 104 Å². The van der Waals surface area contributed by atoms with Crippen LogP contribution in [-0.2, 0) is 17.6 Å². The predicted molar refractivity (Wildman–Crippen MR) is 103 cm³/mol. The molecule has 2 aliphatic rings. The van der Waals surface area contributed by atoms with Crippen LogP contribution >= 0.6 is 0 Å². The van der Waals surface area contributed by atoms with Gasteiger partial charge in [0.05, 0.1) is 16.8 Å². The molecule has 6 nitrogen and oxygen atoms in total. The number of allylic oxidation sites excluding steroid dienone is 2. The molecule has 6 heteroatoms. The van der Waals surface area contributed by atoms with Gasteiger partial charge in [0, 0.05) is 31.4 Å². The van der Waals surface area contributed by atoms with Crippen molar-refractivity contribution in [3.8, 4) is 0 Å². The minimum absolute atomic E-state index is 0.0200. The average molecular weight is 378 g/mol. The maximum Gasteiger partial charge on any atom is 0.168 e. The molecule has 0 radical (unpaired) electrons. The molecule has 0 saturated carbocycles. The van der Waals surface area contributed by atoms with E-state index in [2.05, 4.69) is 5.16 Å². The number of nitrogens with zero attached hydrogens (tertiary/aromatic N) is 1. The number of hydrogen-bond acceptors (Lipinski definition) is 6. The number of nitrogens with one attached hydrogen (secondary N) is 1. The van der Waals surface area contributed by atoms with Gasteiger partial charge in [0.1, 0.15) is 11.5 Å². The Morgan fingerprint density at radius 2 is 1.93 bits per heavy atom. The summed E-state index contributed by atoms with van der Waals surface area (Å²) in [5, 5.41) is 22.8. The van der Waals surface area contributed by atoms with Crippen molar-refractivity contribution >= 4 is 17.3 Å². The van der Waals surface area contributed by atoms with Gasteiger partial charge in [-0.3, -0.25) is 9.59 Å². The Labute approximate surface area is 162 Å². The third-order valence-electron chi connectivity index (χ3n) is 5.54. The molecule has 28 heavy (non-hydrogen) atoms. The van der Waals surface area contributed by atoms with E-state index in [0.29, 0.717) is 42.7 Å². The van der Waals surface area contributed by atoms with Gasteiger partial charge in [-0.05, 0) is 30.7 Å². The molecule has 1 heterocycles. The summed E-state index contributed by atoms with van der Waals surface area (Å²) in [6, 6.07) is 9.65. The number of aryl methyl sites for hydroxylation is 2. The number of aromatic nitrogens is 1. The molecule has 0 aliphatic heterocycles. The van der Waals surface area contributed by atoms with E-state index >= 15 is 0 Å². The largest absolute Gasteiger partial charge is 0.511 e. The summed E-state index contributed by atoms with van der Waals surface area (Å²) < 4.78 is 5.27. The van der Waals surface area contributed by atoms with Gasteiger partial charge in [-0.15, -0.1) is 0 Å². The first-order valence-corrected chi connectivity index (χ1v) is 9.63. The lowest BCUT2D eigenvalue weighted by Gasteiger charge is -2.24. The Bertz CT molecular complexity index is 972. The first kappa shape index (κ1) is 18.3. The number of benzene rings is 1. The molecule has 0 bridgehead atoms. The standard InChI is InChI=1S/C22H22N2O4/c23-15(9-10-16-22-17(25)7-4-8-20(22)28-24-16)21-18(26)11-14(12-19(21)27)13-5-2-1-3-6-13/h1-3,5-6,14,23,26H,4,7-12H2. The lowest BCUT2D eigenvalue weighted by molar-refractivity contribution is -0.116. The molecule has 2 aromatic rings. The lowest BCUT2D eigenvalue weighted by atomic mass is 9.80. The number of aliphatic hydroxyl groups excluding tert-OH is 1. The molecule has 2 N–H and O–H groups in total.